The van der Waals surface area contributed by atoms with Gasteiger partial charge in [-0.2, -0.15) is 0 Å². The molecule has 0 fully saturated rings. The van der Waals surface area contributed by atoms with Crippen molar-refractivity contribution in [3.05, 3.63) is 11.9 Å². The van der Waals surface area contributed by atoms with Crippen LogP contribution in [0.25, 0.3) is 0 Å². The molecule has 0 atom stereocenters. The van der Waals surface area contributed by atoms with Gasteiger partial charge in [0.2, 0.25) is 0 Å². The number of nitrogens with zero attached hydrogens (tertiary/aromatic N) is 2. The molecule has 1 aromatic rings. The average molecular weight is 124 g/mol. The molecule has 0 saturated heterocycles. The molecule has 0 unspecified atom stereocenters. The smallest absolute Gasteiger partial charge is 0.130 e. The second kappa shape index (κ2) is 1.89. The summed E-state index contributed by atoms with van der Waals surface area (Å²) < 4.78 is 0. The van der Waals surface area contributed by atoms with Gasteiger partial charge in [-0.3, -0.25) is 0 Å². The van der Waals surface area contributed by atoms with Crippen LogP contribution in [0.15, 0.2) is 6.07 Å². The van der Waals surface area contributed by atoms with Crippen molar-refractivity contribution in [3.8, 4) is 0 Å². The maximum absolute atomic E-state index is 5.33. The minimum Gasteiger partial charge on any atom is -0.384 e. The summed E-state index contributed by atoms with van der Waals surface area (Å²) in [5.74, 6) is 1.44. The highest BCUT2D eigenvalue weighted by atomic mass is 15.0. The number of hydrogen-bond donors (Lipinski definition) is 2. The van der Waals surface area contributed by atoms with E-state index in [-0.39, 0.29) is 0 Å². The molecule has 0 radical (unpaired) electrons. The van der Waals surface area contributed by atoms with Gasteiger partial charge in [-0.25, -0.2) is 9.97 Å². The van der Waals surface area contributed by atoms with Crippen molar-refractivity contribution in [2.24, 2.45) is 0 Å². The van der Waals surface area contributed by atoms with Crippen LogP contribution in [-0.2, 0) is 0 Å². The Kier molecular flexibility index (Phi) is 1.22. The highest BCUT2D eigenvalue weighted by Crippen LogP contribution is 2.01. The van der Waals surface area contributed by atoms with Crippen molar-refractivity contribution >= 4 is 11.6 Å². The number of rotatable bonds is 0. The van der Waals surface area contributed by atoms with Gasteiger partial charge in [-0.1, -0.05) is 0 Å². The van der Waals surface area contributed by atoms with Crippen LogP contribution in [-0.4, -0.2) is 9.97 Å². The number of aromatic nitrogens is 2. The summed E-state index contributed by atoms with van der Waals surface area (Å²) in [6.07, 6.45) is 0. The maximum atomic E-state index is 5.33. The van der Waals surface area contributed by atoms with Crippen LogP contribution >= 0.6 is 0 Å². The van der Waals surface area contributed by atoms with Crippen LogP contribution in [0.1, 0.15) is 5.82 Å². The molecular weight excluding hydrogens is 116 g/mol. The van der Waals surface area contributed by atoms with Gasteiger partial charge < -0.3 is 11.5 Å². The highest BCUT2D eigenvalue weighted by Gasteiger charge is 1.91. The molecular formula is C5H8N4. The van der Waals surface area contributed by atoms with Gasteiger partial charge in [-0.15, -0.1) is 0 Å². The first-order valence-corrected chi connectivity index (χ1v) is 2.55. The van der Waals surface area contributed by atoms with Crippen molar-refractivity contribution in [1.29, 1.82) is 0 Å². The van der Waals surface area contributed by atoms with Crippen LogP contribution in [0.2, 0.25) is 0 Å². The normalized spacial score (nSPS) is 9.44. The van der Waals surface area contributed by atoms with Crippen molar-refractivity contribution in [1.82, 2.24) is 9.97 Å². The zero-order valence-electron chi connectivity index (χ0n) is 5.13. The Balaban J connectivity index is 3.17. The van der Waals surface area contributed by atoms with E-state index in [4.69, 9.17) is 11.5 Å². The molecule has 0 bridgehead atoms. The Morgan fingerprint density at radius 2 is 1.67 bits per heavy atom. The predicted octanol–water partition coefficient (Wildman–Crippen LogP) is -0.0506. The van der Waals surface area contributed by atoms with E-state index < -0.39 is 0 Å². The van der Waals surface area contributed by atoms with E-state index in [1.54, 1.807) is 6.92 Å². The summed E-state index contributed by atoms with van der Waals surface area (Å²) in [6.45, 7) is 1.74. The molecule has 4 nitrogen and oxygen atoms in total. The largest absolute Gasteiger partial charge is 0.384 e. The standard InChI is InChI=1S/C5H8N4/c1-3-8-4(6)2-5(7)9-3/h2H,1H3,(H4,6,7,8,9). The third kappa shape index (κ3) is 1.28. The third-order valence-corrected chi connectivity index (χ3v) is 0.878. The van der Waals surface area contributed by atoms with Gasteiger partial charge in [-0.05, 0) is 6.92 Å². The Bertz CT molecular complexity index is 170. The number of aryl methyl sites for hydroxylation is 1. The topological polar surface area (TPSA) is 77.8 Å². The van der Waals surface area contributed by atoms with E-state index in [1.807, 2.05) is 0 Å². The van der Waals surface area contributed by atoms with Crippen molar-refractivity contribution in [2.45, 2.75) is 6.92 Å². The molecule has 0 saturated carbocycles. The second-order valence-corrected chi connectivity index (χ2v) is 1.76. The Labute approximate surface area is 52.9 Å². The van der Waals surface area contributed by atoms with E-state index in [0.29, 0.717) is 17.5 Å². The number of hydrogen-bond acceptors (Lipinski definition) is 4. The first-order chi connectivity index (χ1) is 4.18. The first kappa shape index (κ1) is 5.81. The molecule has 0 aliphatic rings. The summed E-state index contributed by atoms with van der Waals surface area (Å²) in [5.41, 5.74) is 10.7. The van der Waals surface area contributed by atoms with Gasteiger partial charge in [0.05, 0.1) is 0 Å². The van der Waals surface area contributed by atoms with Crippen LogP contribution in [0, 0.1) is 6.92 Å². The monoisotopic (exact) mass is 124 g/mol. The first-order valence-electron chi connectivity index (χ1n) is 2.55. The van der Waals surface area contributed by atoms with E-state index in [0.717, 1.165) is 0 Å². The fraction of sp³-hybridized carbons (Fsp3) is 0.200. The minimum atomic E-state index is 0.417. The van der Waals surface area contributed by atoms with Crippen molar-refractivity contribution < 1.29 is 0 Å². The molecule has 0 aliphatic carbocycles. The summed E-state index contributed by atoms with van der Waals surface area (Å²) in [5, 5.41) is 0. The fourth-order valence-electron chi connectivity index (χ4n) is 0.615. The Morgan fingerprint density at radius 1 is 1.22 bits per heavy atom. The Hall–Kier alpha value is -1.32. The number of nitrogens with two attached hydrogens (primary N) is 2. The molecule has 0 aliphatic heterocycles. The molecule has 0 amide bonds. The number of anilines is 2. The molecule has 4 heteroatoms. The van der Waals surface area contributed by atoms with Crippen LogP contribution in [0.5, 0.6) is 0 Å². The van der Waals surface area contributed by atoms with Crippen LogP contribution in [0.4, 0.5) is 11.6 Å². The van der Waals surface area contributed by atoms with E-state index in [1.165, 1.54) is 6.07 Å². The van der Waals surface area contributed by atoms with E-state index >= 15 is 0 Å². The highest BCUT2D eigenvalue weighted by molar-refractivity contribution is 5.40. The average Bonchev–Trinajstić information content (AvgIpc) is 1.59. The molecule has 4 N–H and O–H groups in total. The lowest BCUT2D eigenvalue weighted by Gasteiger charge is -1.95. The van der Waals surface area contributed by atoms with E-state index in [2.05, 4.69) is 9.97 Å². The summed E-state index contributed by atoms with van der Waals surface area (Å²) in [7, 11) is 0. The van der Waals surface area contributed by atoms with Gasteiger partial charge in [0, 0.05) is 6.07 Å². The molecule has 1 aromatic heterocycles. The van der Waals surface area contributed by atoms with E-state index in [9.17, 15) is 0 Å². The molecule has 9 heavy (non-hydrogen) atoms. The zero-order valence-corrected chi connectivity index (χ0v) is 5.13. The second-order valence-electron chi connectivity index (χ2n) is 1.76. The molecule has 1 heterocycles. The summed E-state index contributed by atoms with van der Waals surface area (Å²) in [4.78, 5) is 7.64. The quantitative estimate of drug-likeness (QED) is 0.508. The lowest BCUT2D eigenvalue weighted by molar-refractivity contribution is 1.07. The molecule has 0 spiro atoms. The molecule has 1 rings (SSSR count). The number of nitrogen functional groups attached to an aromatic ring is 2. The molecule has 0 aromatic carbocycles. The van der Waals surface area contributed by atoms with Gasteiger partial charge in [0.15, 0.2) is 0 Å². The maximum Gasteiger partial charge on any atom is 0.130 e. The third-order valence-electron chi connectivity index (χ3n) is 0.878. The van der Waals surface area contributed by atoms with Crippen LogP contribution in [0.3, 0.4) is 0 Å². The lowest BCUT2D eigenvalue weighted by atomic mass is 10.5. The summed E-state index contributed by atoms with van der Waals surface area (Å²) >= 11 is 0. The fourth-order valence-corrected chi connectivity index (χ4v) is 0.615. The molecule has 48 valence electrons. The predicted molar refractivity (Wildman–Crippen MR) is 35.6 cm³/mol. The van der Waals surface area contributed by atoms with Gasteiger partial charge in [0.25, 0.3) is 0 Å². The minimum absolute atomic E-state index is 0.417. The van der Waals surface area contributed by atoms with Crippen molar-refractivity contribution in [3.63, 3.8) is 0 Å². The van der Waals surface area contributed by atoms with Gasteiger partial charge in [0.1, 0.15) is 17.5 Å². The summed E-state index contributed by atoms with van der Waals surface area (Å²) in [6, 6.07) is 1.52. The Morgan fingerprint density at radius 3 is 2.00 bits per heavy atom. The van der Waals surface area contributed by atoms with Gasteiger partial charge >= 0.3 is 0 Å². The SMILES string of the molecule is Cc1nc(N)cc(N)n1. The van der Waals surface area contributed by atoms with Crippen LogP contribution < -0.4 is 11.5 Å². The lowest BCUT2D eigenvalue weighted by Crippen LogP contribution is -1.98. The van der Waals surface area contributed by atoms with Crippen molar-refractivity contribution in [2.75, 3.05) is 11.5 Å². The zero-order chi connectivity index (χ0) is 6.85.